The van der Waals surface area contributed by atoms with Gasteiger partial charge in [-0.05, 0) is 12.1 Å². The number of rotatable bonds is 8. The Morgan fingerprint density at radius 1 is 1.17 bits per heavy atom. The van der Waals surface area contributed by atoms with Crippen molar-refractivity contribution >= 4 is 22.7 Å². The molecule has 0 fully saturated rings. The van der Waals surface area contributed by atoms with Gasteiger partial charge in [-0.15, -0.1) is 0 Å². The largest absolute Gasteiger partial charge is 0.383 e. The van der Waals surface area contributed by atoms with Gasteiger partial charge in [-0.1, -0.05) is 12.1 Å². The highest BCUT2D eigenvalue weighted by Gasteiger charge is 2.08. The molecule has 0 aliphatic rings. The molecule has 0 bridgehead atoms. The number of benzene rings is 1. The van der Waals surface area contributed by atoms with Gasteiger partial charge in [-0.2, -0.15) is 0 Å². The summed E-state index contributed by atoms with van der Waals surface area (Å²) in [6.45, 7) is 0.937. The van der Waals surface area contributed by atoms with Crippen LogP contribution in [-0.4, -0.2) is 48.2 Å². The maximum Gasteiger partial charge on any atom is 0.261 e. The van der Waals surface area contributed by atoms with Crippen molar-refractivity contribution < 1.29 is 14.3 Å². The van der Waals surface area contributed by atoms with Crippen molar-refractivity contribution in [2.45, 2.75) is 13.0 Å². The molecular weight excluding hydrogens is 312 g/mol. The van der Waals surface area contributed by atoms with Crippen molar-refractivity contribution in [3.8, 4) is 0 Å². The highest BCUT2D eigenvalue weighted by molar-refractivity contribution is 5.80. The quantitative estimate of drug-likeness (QED) is 0.644. The van der Waals surface area contributed by atoms with E-state index in [9.17, 15) is 14.4 Å². The fourth-order valence-electron chi connectivity index (χ4n) is 2.13. The molecule has 0 atom stereocenters. The first-order valence-electron chi connectivity index (χ1n) is 7.58. The molecule has 0 saturated heterocycles. The summed E-state index contributed by atoms with van der Waals surface area (Å²) in [5, 5.41) is 5.73. The lowest BCUT2D eigenvalue weighted by Crippen LogP contribution is -2.35. The fraction of sp³-hybridized carbons (Fsp3) is 0.375. The average Bonchev–Trinajstić information content (AvgIpc) is 2.58. The summed E-state index contributed by atoms with van der Waals surface area (Å²) < 4.78 is 6.07. The first-order chi connectivity index (χ1) is 11.6. The molecule has 1 heterocycles. The second-order valence-corrected chi connectivity index (χ2v) is 5.14. The Balaban J connectivity index is 1.84. The Kier molecular flexibility index (Phi) is 6.44. The third-order valence-electron chi connectivity index (χ3n) is 3.35. The van der Waals surface area contributed by atoms with Crippen molar-refractivity contribution in [1.29, 1.82) is 0 Å². The molecule has 0 radical (unpaired) electrons. The number of aromatic nitrogens is 2. The average molecular weight is 332 g/mol. The van der Waals surface area contributed by atoms with Gasteiger partial charge in [0.25, 0.3) is 5.56 Å². The van der Waals surface area contributed by atoms with Crippen LogP contribution in [0.5, 0.6) is 0 Å². The Bertz CT molecular complexity index is 772. The lowest BCUT2D eigenvalue weighted by molar-refractivity contribution is -0.122. The van der Waals surface area contributed by atoms with E-state index in [1.807, 2.05) is 0 Å². The zero-order valence-corrected chi connectivity index (χ0v) is 13.4. The second-order valence-electron chi connectivity index (χ2n) is 5.14. The normalized spacial score (nSPS) is 10.5. The molecule has 8 nitrogen and oxygen atoms in total. The van der Waals surface area contributed by atoms with E-state index in [0.29, 0.717) is 24.1 Å². The maximum absolute atomic E-state index is 12.3. The molecule has 1 aromatic heterocycles. The van der Waals surface area contributed by atoms with E-state index in [1.165, 1.54) is 10.9 Å². The number of methoxy groups -OCH3 is 1. The Morgan fingerprint density at radius 3 is 2.71 bits per heavy atom. The number of hydrogen-bond acceptors (Lipinski definition) is 5. The fourth-order valence-corrected chi connectivity index (χ4v) is 2.13. The summed E-state index contributed by atoms with van der Waals surface area (Å²) in [5.41, 5.74) is 0.319. The van der Waals surface area contributed by atoms with E-state index in [0.717, 1.165) is 0 Å². The predicted molar refractivity (Wildman–Crippen MR) is 88.5 cm³/mol. The summed E-state index contributed by atoms with van der Waals surface area (Å²) in [6, 6.07) is 6.95. The molecule has 2 aromatic rings. The SMILES string of the molecule is COCCNC(=O)CCNC(=O)Cn1cnc2ccccc2c1=O. The van der Waals surface area contributed by atoms with E-state index in [-0.39, 0.29) is 36.9 Å². The van der Waals surface area contributed by atoms with E-state index in [2.05, 4.69) is 15.6 Å². The molecule has 0 spiro atoms. The number of para-hydroxylation sites is 1. The molecule has 8 heteroatoms. The number of fused-ring (bicyclic) bond motifs is 1. The number of carbonyl (C=O) groups excluding carboxylic acids is 2. The Morgan fingerprint density at radius 2 is 1.92 bits per heavy atom. The van der Waals surface area contributed by atoms with Gasteiger partial charge in [0.15, 0.2) is 0 Å². The van der Waals surface area contributed by atoms with Crippen molar-refractivity contribution in [3.63, 3.8) is 0 Å². The lowest BCUT2D eigenvalue weighted by Gasteiger charge is -2.08. The van der Waals surface area contributed by atoms with Crippen LogP contribution in [0.2, 0.25) is 0 Å². The van der Waals surface area contributed by atoms with Crippen LogP contribution in [0.25, 0.3) is 10.9 Å². The van der Waals surface area contributed by atoms with Crippen molar-refractivity contribution in [2.24, 2.45) is 0 Å². The molecule has 0 aliphatic carbocycles. The zero-order valence-electron chi connectivity index (χ0n) is 13.4. The molecule has 0 aliphatic heterocycles. The predicted octanol–water partition coefficient (Wildman–Crippen LogP) is -0.335. The minimum absolute atomic E-state index is 0.137. The van der Waals surface area contributed by atoms with Gasteiger partial charge in [-0.3, -0.25) is 19.0 Å². The van der Waals surface area contributed by atoms with Crippen LogP contribution in [0.4, 0.5) is 0 Å². The van der Waals surface area contributed by atoms with Gasteiger partial charge < -0.3 is 15.4 Å². The van der Waals surface area contributed by atoms with Gasteiger partial charge in [0.05, 0.1) is 23.8 Å². The summed E-state index contributed by atoms with van der Waals surface area (Å²) in [7, 11) is 1.55. The third-order valence-corrected chi connectivity index (χ3v) is 3.35. The van der Waals surface area contributed by atoms with Gasteiger partial charge >= 0.3 is 0 Å². The topological polar surface area (TPSA) is 102 Å². The van der Waals surface area contributed by atoms with E-state index >= 15 is 0 Å². The number of hydrogen-bond donors (Lipinski definition) is 2. The smallest absolute Gasteiger partial charge is 0.261 e. The minimum Gasteiger partial charge on any atom is -0.383 e. The molecular formula is C16H20N4O4. The zero-order chi connectivity index (χ0) is 17.4. The Labute approximate surface area is 138 Å². The van der Waals surface area contributed by atoms with E-state index in [4.69, 9.17) is 4.74 Å². The molecule has 2 rings (SSSR count). The summed E-state index contributed by atoms with van der Waals surface area (Å²) in [4.78, 5) is 39.8. The van der Waals surface area contributed by atoms with E-state index < -0.39 is 0 Å². The molecule has 2 N–H and O–H groups in total. The molecule has 0 unspecified atom stereocenters. The summed E-state index contributed by atoms with van der Waals surface area (Å²) in [6.07, 6.45) is 1.52. The van der Waals surface area contributed by atoms with Crippen LogP contribution in [0, 0.1) is 0 Å². The second kappa shape index (κ2) is 8.78. The third kappa shape index (κ3) is 4.88. The van der Waals surface area contributed by atoms with E-state index in [1.54, 1.807) is 31.4 Å². The summed E-state index contributed by atoms with van der Waals surface area (Å²) >= 11 is 0. The minimum atomic E-state index is -0.348. The number of amides is 2. The molecule has 24 heavy (non-hydrogen) atoms. The van der Waals surface area contributed by atoms with Crippen LogP contribution >= 0.6 is 0 Å². The van der Waals surface area contributed by atoms with Crippen LogP contribution < -0.4 is 16.2 Å². The van der Waals surface area contributed by atoms with Crippen LogP contribution in [0.15, 0.2) is 35.4 Å². The highest BCUT2D eigenvalue weighted by Crippen LogP contribution is 2.04. The number of nitrogens with one attached hydrogen (secondary N) is 2. The number of ether oxygens (including phenoxy) is 1. The van der Waals surface area contributed by atoms with Crippen LogP contribution in [0.3, 0.4) is 0 Å². The maximum atomic E-state index is 12.3. The lowest BCUT2D eigenvalue weighted by atomic mass is 10.2. The number of nitrogens with zero attached hydrogens (tertiary/aromatic N) is 2. The first-order valence-corrected chi connectivity index (χ1v) is 7.58. The van der Waals surface area contributed by atoms with Gasteiger partial charge in [0.2, 0.25) is 11.8 Å². The summed E-state index contributed by atoms with van der Waals surface area (Å²) in [5.74, 6) is -0.518. The molecule has 1 aromatic carbocycles. The van der Waals surface area contributed by atoms with Crippen LogP contribution in [0.1, 0.15) is 6.42 Å². The van der Waals surface area contributed by atoms with Gasteiger partial charge in [0.1, 0.15) is 6.54 Å². The molecule has 128 valence electrons. The van der Waals surface area contributed by atoms with Crippen LogP contribution in [-0.2, 0) is 20.9 Å². The van der Waals surface area contributed by atoms with Gasteiger partial charge in [-0.25, -0.2) is 4.98 Å². The monoisotopic (exact) mass is 332 g/mol. The standard InChI is InChI=1S/C16H20N4O4/c1-24-9-8-18-14(21)6-7-17-15(22)10-20-11-19-13-5-3-2-4-12(13)16(20)23/h2-5,11H,6-10H2,1H3,(H,17,22)(H,18,21). The van der Waals surface area contributed by atoms with Crippen molar-refractivity contribution in [2.75, 3.05) is 26.8 Å². The Hall–Kier alpha value is -2.74. The number of carbonyl (C=O) groups is 2. The van der Waals surface area contributed by atoms with Crippen molar-refractivity contribution in [1.82, 2.24) is 20.2 Å². The van der Waals surface area contributed by atoms with Gasteiger partial charge in [0, 0.05) is 26.6 Å². The first kappa shape index (κ1) is 17.6. The van der Waals surface area contributed by atoms with Crippen molar-refractivity contribution in [3.05, 3.63) is 40.9 Å². The highest BCUT2D eigenvalue weighted by atomic mass is 16.5. The molecule has 0 saturated carbocycles. The molecule has 2 amide bonds.